The van der Waals surface area contributed by atoms with Crippen LogP contribution in [0, 0.1) is 0 Å². The molecule has 1 aromatic rings. The average molecular weight is 240 g/mol. The minimum atomic E-state index is -1.34. The molecule has 0 spiro atoms. The molecule has 0 radical (unpaired) electrons. The van der Waals surface area contributed by atoms with Crippen LogP contribution in [0.5, 0.6) is 0 Å². The van der Waals surface area contributed by atoms with E-state index in [1.54, 1.807) is 0 Å². The molecule has 17 heavy (non-hydrogen) atoms. The third-order valence-electron chi connectivity index (χ3n) is 2.20. The second-order valence-electron chi connectivity index (χ2n) is 3.35. The van der Waals surface area contributed by atoms with E-state index in [1.165, 1.54) is 0 Å². The summed E-state index contributed by atoms with van der Waals surface area (Å²) in [6, 6.07) is 1.07. The number of aliphatic hydroxyl groups excluding tert-OH is 1. The summed E-state index contributed by atoms with van der Waals surface area (Å²) in [5.74, 6) is -1.79. The minimum absolute atomic E-state index is 0.444. The van der Waals surface area contributed by atoms with Crippen molar-refractivity contribution >= 4 is 5.97 Å². The third kappa shape index (κ3) is 1.97. The first-order valence-corrected chi connectivity index (χ1v) is 4.60. The van der Waals surface area contributed by atoms with Crippen LogP contribution in [0.2, 0.25) is 0 Å². The molecule has 0 aliphatic carbocycles. The van der Waals surface area contributed by atoms with Crippen LogP contribution < -0.4 is 11.2 Å². The Morgan fingerprint density at radius 3 is 2.71 bits per heavy atom. The van der Waals surface area contributed by atoms with Gasteiger partial charge in [0, 0.05) is 12.3 Å². The number of hydrogen-bond acceptors (Lipinski definition) is 5. The fourth-order valence-corrected chi connectivity index (χ4v) is 1.45. The number of H-pyrrole nitrogens is 1. The molecule has 90 valence electrons. The number of aliphatic carboxylic acids is 1. The van der Waals surface area contributed by atoms with Crippen molar-refractivity contribution in [2.75, 3.05) is 0 Å². The van der Waals surface area contributed by atoms with Crippen molar-refractivity contribution in [3.63, 3.8) is 0 Å². The lowest BCUT2D eigenvalue weighted by Crippen LogP contribution is -2.35. The van der Waals surface area contributed by atoms with Gasteiger partial charge in [-0.25, -0.2) is 9.59 Å². The molecule has 2 rings (SSSR count). The molecule has 1 aliphatic rings. The van der Waals surface area contributed by atoms with E-state index in [0.717, 1.165) is 22.9 Å². The molecule has 0 unspecified atom stereocenters. The quantitative estimate of drug-likeness (QED) is 0.572. The molecule has 0 saturated heterocycles. The Morgan fingerprint density at radius 1 is 1.47 bits per heavy atom. The van der Waals surface area contributed by atoms with E-state index in [1.807, 2.05) is 4.98 Å². The summed E-state index contributed by atoms with van der Waals surface area (Å²) >= 11 is 0. The summed E-state index contributed by atoms with van der Waals surface area (Å²) in [6.07, 6.45) is -0.367. The fourth-order valence-electron chi connectivity index (χ4n) is 1.45. The Hall–Kier alpha value is -2.35. The summed E-state index contributed by atoms with van der Waals surface area (Å²) in [5, 5.41) is 18.2. The van der Waals surface area contributed by atoms with Crippen molar-refractivity contribution in [1.29, 1.82) is 0 Å². The van der Waals surface area contributed by atoms with E-state index in [0.29, 0.717) is 0 Å². The first-order chi connectivity index (χ1) is 7.99. The molecule has 0 aromatic carbocycles. The van der Waals surface area contributed by atoms with E-state index >= 15 is 0 Å². The number of carboxylic acid groups (broad SMARTS) is 1. The number of aromatic nitrogens is 2. The number of aromatic amines is 1. The van der Waals surface area contributed by atoms with Crippen molar-refractivity contribution in [1.82, 2.24) is 9.55 Å². The molecule has 1 aromatic heterocycles. The van der Waals surface area contributed by atoms with Crippen LogP contribution in [0.4, 0.5) is 0 Å². The Bertz CT molecular complexity index is 598. The van der Waals surface area contributed by atoms with Gasteiger partial charge in [-0.05, 0) is 6.08 Å². The smallest absolute Gasteiger partial charge is 0.371 e. The van der Waals surface area contributed by atoms with Crippen molar-refractivity contribution in [2.45, 2.75) is 12.3 Å². The van der Waals surface area contributed by atoms with Crippen molar-refractivity contribution in [3.05, 3.63) is 44.9 Å². The molecule has 0 fully saturated rings. The number of nitrogens with one attached hydrogen (secondary N) is 1. The van der Waals surface area contributed by atoms with Crippen LogP contribution >= 0.6 is 0 Å². The minimum Gasteiger partial charge on any atom is -0.475 e. The number of aliphatic hydroxyl groups is 1. The Labute approximate surface area is 93.4 Å². The van der Waals surface area contributed by atoms with Gasteiger partial charge < -0.3 is 14.9 Å². The summed E-state index contributed by atoms with van der Waals surface area (Å²) in [4.78, 5) is 34.8. The van der Waals surface area contributed by atoms with E-state index in [4.69, 9.17) is 9.84 Å². The highest BCUT2D eigenvalue weighted by Gasteiger charge is 2.32. The van der Waals surface area contributed by atoms with Crippen LogP contribution in [0.1, 0.15) is 6.23 Å². The largest absolute Gasteiger partial charge is 0.475 e. The highest BCUT2D eigenvalue weighted by atomic mass is 16.5. The number of carbonyl (C=O) groups is 1. The second-order valence-corrected chi connectivity index (χ2v) is 3.35. The van der Waals surface area contributed by atoms with Crippen LogP contribution in [-0.4, -0.2) is 31.8 Å². The standard InChI is InChI=1S/C9H8N2O6/c12-4-3-5(8(14)15)17-7(4)11-2-1-6(13)10-9(11)16/h1-4,7,12H,(H,14,15)(H,10,13,16)/t4-,7-/m1/s1. The van der Waals surface area contributed by atoms with Gasteiger partial charge in [-0.1, -0.05) is 0 Å². The predicted octanol–water partition coefficient (Wildman–Crippen LogP) is -1.61. The van der Waals surface area contributed by atoms with Crippen molar-refractivity contribution in [2.24, 2.45) is 0 Å². The Balaban J connectivity index is 2.35. The number of nitrogens with zero attached hydrogens (tertiary/aromatic N) is 1. The maximum Gasteiger partial charge on any atom is 0.371 e. The Morgan fingerprint density at radius 2 is 2.18 bits per heavy atom. The number of rotatable bonds is 2. The lowest BCUT2D eigenvalue weighted by molar-refractivity contribution is -0.138. The fraction of sp³-hybridized carbons (Fsp3) is 0.222. The van der Waals surface area contributed by atoms with Crippen LogP contribution in [0.3, 0.4) is 0 Å². The number of carboxylic acids is 1. The van der Waals surface area contributed by atoms with Crippen molar-refractivity contribution in [3.8, 4) is 0 Å². The van der Waals surface area contributed by atoms with Crippen LogP contribution in [0.25, 0.3) is 0 Å². The molecule has 8 heteroatoms. The molecule has 0 amide bonds. The van der Waals surface area contributed by atoms with E-state index in [9.17, 15) is 19.5 Å². The monoisotopic (exact) mass is 240 g/mol. The van der Waals surface area contributed by atoms with Crippen molar-refractivity contribution < 1.29 is 19.7 Å². The van der Waals surface area contributed by atoms with Gasteiger partial charge in [-0.2, -0.15) is 0 Å². The molecule has 2 atom stereocenters. The summed E-state index contributed by atoms with van der Waals surface area (Å²) in [6.45, 7) is 0. The third-order valence-corrected chi connectivity index (χ3v) is 2.20. The lowest BCUT2D eigenvalue weighted by Gasteiger charge is -2.16. The molecule has 2 heterocycles. The zero-order chi connectivity index (χ0) is 12.6. The first-order valence-electron chi connectivity index (χ1n) is 4.60. The van der Waals surface area contributed by atoms with Gasteiger partial charge in [0.1, 0.15) is 6.10 Å². The maximum atomic E-state index is 11.4. The molecule has 0 saturated carbocycles. The second kappa shape index (κ2) is 3.91. The molecular weight excluding hydrogens is 232 g/mol. The number of hydrogen-bond donors (Lipinski definition) is 3. The highest BCUT2D eigenvalue weighted by molar-refractivity contribution is 5.84. The SMILES string of the molecule is O=C(O)C1=C[C@@H](O)[C@H](n2ccc(=O)[nH]c2=O)O1. The zero-order valence-electron chi connectivity index (χ0n) is 8.36. The van der Waals surface area contributed by atoms with Gasteiger partial charge in [0.25, 0.3) is 5.56 Å². The van der Waals surface area contributed by atoms with Gasteiger partial charge in [0.05, 0.1) is 0 Å². The predicted molar refractivity (Wildman–Crippen MR) is 53.2 cm³/mol. The highest BCUT2D eigenvalue weighted by Crippen LogP contribution is 2.24. The number of ether oxygens (including phenoxy) is 1. The van der Waals surface area contributed by atoms with Crippen LogP contribution in [-0.2, 0) is 9.53 Å². The van der Waals surface area contributed by atoms with Gasteiger partial charge in [-0.3, -0.25) is 14.3 Å². The maximum absolute atomic E-state index is 11.4. The average Bonchev–Trinajstić information content (AvgIpc) is 2.61. The summed E-state index contributed by atoms with van der Waals surface area (Å²) in [5.41, 5.74) is -1.38. The zero-order valence-corrected chi connectivity index (χ0v) is 8.36. The molecule has 1 aliphatic heterocycles. The van der Waals surface area contributed by atoms with E-state index < -0.39 is 35.3 Å². The van der Waals surface area contributed by atoms with E-state index in [2.05, 4.69) is 0 Å². The van der Waals surface area contributed by atoms with Gasteiger partial charge in [0.2, 0.25) is 12.0 Å². The molecular formula is C9H8N2O6. The topological polar surface area (TPSA) is 122 Å². The van der Waals surface area contributed by atoms with Gasteiger partial charge in [-0.15, -0.1) is 0 Å². The lowest BCUT2D eigenvalue weighted by atomic mass is 10.3. The normalized spacial score (nSPS) is 23.0. The summed E-state index contributed by atoms with van der Waals surface area (Å²) in [7, 11) is 0. The molecule has 8 nitrogen and oxygen atoms in total. The summed E-state index contributed by atoms with van der Waals surface area (Å²) < 4.78 is 5.80. The van der Waals surface area contributed by atoms with Crippen LogP contribution in [0.15, 0.2) is 33.7 Å². The van der Waals surface area contributed by atoms with Gasteiger partial charge in [0.15, 0.2) is 0 Å². The molecule has 3 N–H and O–H groups in total. The van der Waals surface area contributed by atoms with Gasteiger partial charge >= 0.3 is 11.7 Å². The van der Waals surface area contributed by atoms with E-state index in [-0.39, 0.29) is 0 Å². The molecule has 0 bridgehead atoms. The Kier molecular flexibility index (Phi) is 2.56. The first kappa shape index (κ1) is 11.1.